The second kappa shape index (κ2) is 6.90. The van der Waals surface area contributed by atoms with E-state index in [1.807, 2.05) is 36.0 Å². The molecule has 24 heavy (non-hydrogen) atoms. The molecule has 1 saturated heterocycles. The molecular formula is C17H23N5O2. The summed E-state index contributed by atoms with van der Waals surface area (Å²) in [5, 5.41) is 11.4. The molecule has 1 aliphatic heterocycles. The van der Waals surface area contributed by atoms with Crippen molar-refractivity contribution in [3.05, 3.63) is 30.0 Å². The van der Waals surface area contributed by atoms with Crippen LogP contribution >= 0.6 is 0 Å². The third-order valence-corrected chi connectivity index (χ3v) is 4.46. The van der Waals surface area contributed by atoms with Gasteiger partial charge in [-0.05, 0) is 19.4 Å². The van der Waals surface area contributed by atoms with Crippen molar-refractivity contribution in [1.82, 2.24) is 25.3 Å². The highest BCUT2D eigenvalue weighted by Gasteiger charge is 2.27. The summed E-state index contributed by atoms with van der Waals surface area (Å²) in [4.78, 5) is 25.8. The average molecular weight is 329 g/mol. The molecule has 3 amide bonds. The van der Waals surface area contributed by atoms with Gasteiger partial charge in [-0.2, -0.15) is 5.10 Å². The summed E-state index contributed by atoms with van der Waals surface area (Å²) < 4.78 is 1.85. The third-order valence-electron chi connectivity index (χ3n) is 4.46. The fourth-order valence-electron chi connectivity index (χ4n) is 3.08. The van der Waals surface area contributed by atoms with Crippen LogP contribution in [-0.2, 0) is 18.3 Å². The Morgan fingerprint density at radius 2 is 2.21 bits per heavy atom. The zero-order valence-electron chi connectivity index (χ0n) is 14.1. The Hall–Kier alpha value is -2.57. The Bertz CT molecular complexity index is 755. The molecule has 7 heteroatoms. The second-order valence-electron chi connectivity index (χ2n) is 6.08. The molecule has 1 fully saturated rings. The molecule has 0 bridgehead atoms. The Morgan fingerprint density at radius 1 is 1.42 bits per heavy atom. The molecule has 2 aromatic rings. The van der Waals surface area contributed by atoms with E-state index in [0.717, 1.165) is 23.0 Å². The quantitative estimate of drug-likeness (QED) is 0.883. The van der Waals surface area contributed by atoms with E-state index in [9.17, 15) is 9.59 Å². The minimum atomic E-state index is -0.441. The number of nitrogens with zero attached hydrogens (tertiary/aromatic N) is 3. The summed E-state index contributed by atoms with van der Waals surface area (Å²) in [5.41, 5.74) is 2.05. The standard InChI is InChI=1S/C17H23N5O2/c1-12-16(23)18-9-5-11-22(12)17(24)19-10-8-14-13-6-3-4-7-15(13)21(2)20-14/h3-4,6-7,12H,5,8-11H2,1-2H3,(H,18,23)(H,19,24). The number of aromatic nitrogens is 2. The van der Waals surface area contributed by atoms with Crippen LogP contribution in [0.4, 0.5) is 4.79 Å². The van der Waals surface area contributed by atoms with Crippen molar-refractivity contribution in [2.75, 3.05) is 19.6 Å². The second-order valence-corrected chi connectivity index (χ2v) is 6.08. The predicted octanol–water partition coefficient (Wildman–Crippen LogP) is 1.04. The van der Waals surface area contributed by atoms with E-state index in [-0.39, 0.29) is 11.9 Å². The number of rotatable bonds is 3. The van der Waals surface area contributed by atoms with Crippen molar-refractivity contribution in [1.29, 1.82) is 0 Å². The van der Waals surface area contributed by atoms with Crippen molar-refractivity contribution in [2.45, 2.75) is 25.8 Å². The zero-order chi connectivity index (χ0) is 17.1. The van der Waals surface area contributed by atoms with E-state index in [1.54, 1.807) is 11.8 Å². The van der Waals surface area contributed by atoms with Crippen molar-refractivity contribution in [3.8, 4) is 0 Å². The third kappa shape index (κ3) is 3.20. The summed E-state index contributed by atoms with van der Waals surface area (Å²) in [6, 6.07) is 7.41. The van der Waals surface area contributed by atoms with Gasteiger partial charge in [-0.3, -0.25) is 9.48 Å². The molecule has 0 aliphatic carbocycles. The predicted molar refractivity (Wildman–Crippen MR) is 91.6 cm³/mol. The molecule has 0 saturated carbocycles. The normalized spacial score (nSPS) is 18.3. The summed E-state index contributed by atoms with van der Waals surface area (Å²) >= 11 is 0. The van der Waals surface area contributed by atoms with Gasteiger partial charge in [0.1, 0.15) is 6.04 Å². The van der Waals surface area contributed by atoms with Gasteiger partial charge in [0.05, 0.1) is 11.2 Å². The Labute approximate surface area is 141 Å². The smallest absolute Gasteiger partial charge is 0.318 e. The maximum atomic E-state index is 12.4. The zero-order valence-corrected chi connectivity index (χ0v) is 14.1. The summed E-state index contributed by atoms with van der Waals surface area (Å²) in [5.74, 6) is -0.0987. The van der Waals surface area contributed by atoms with Crippen LogP contribution in [0.2, 0.25) is 0 Å². The first kappa shape index (κ1) is 16.3. The van der Waals surface area contributed by atoms with Crippen LogP contribution in [0.1, 0.15) is 19.0 Å². The molecule has 128 valence electrons. The first-order chi connectivity index (χ1) is 11.6. The first-order valence-electron chi connectivity index (χ1n) is 8.30. The van der Waals surface area contributed by atoms with E-state index in [0.29, 0.717) is 26.1 Å². The largest absolute Gasteiger partial charge is 0.354 e. The molecule has 3 rings (SSSR count). The van der Waals surface area contributed by atoms with Crippen LogP contribution in [0, 0.1) is 0 Å². The molecule has 2 N–H and O–H groups in total. The Balaban J connectivity index is 1.61. The Morgan fingerprint density at radius 3 is 3.04 bits per heavy atom. The van der Waals surface area contributed by atoms with Crippen molar-refractivity contribution in [3.63, 3.8) is 0 Å². The molecule has 1 atom stereocenters. The number of fused-ring (bicyclic) bond motifs is 1. The molecule has 7 nitrogen and oxygen atoms in total. The van der Waals surface area contributed by atoms with E-state index in [2.05, 4.69) is 15.7 Å². The summed E-state index contributed by atoms with van der Waals surface area (Å²) in [7, 11) is 1.92. The lowest BCUT2D eigenvalue weighted by molar-refractivity contribution is -0.124. The lowest BCUT2D eigenvalue weighted by Crippen LogP contribution is -2.49. The topological polar surface area (TPSA) is 79.3 Å². The van der Waals surface area contributed by atoms with Crippen LogP contribution in [0.15, 0.2) is 24.3 Å². The number of amides is 3. The number of hydrogen-bond acceptors (Lipinski definition) is 3. The lowest BCUT2D eigenvalue weighted by Gasteiger charge is -2.25. The molecule has 1 aliphatic rings. The molecule has 1 unspecified atom stereocenters. The molecule has 1 aromatic heterocycles. The van der Waals surface area contributed by atoms with Gasteiger partial charge in [0.15, 0.2) is 0 Å². The highest BCUT2D eigenvalue weighted by Crippen LogP contribution is 2.17. The van der Waals surface area contributed by atoms with Gasteiger partial charge in [-0.15, -0.1) is 0 Å². The Kier molecular flexibility index (Phi) is 4.69. The van der Waals surface area contributed by atoms with Crippen LogP contribution in [-0.4, -0.2) is 52.3 Å². The van der Waals surface area contributed by atoms with E-state index < -0.39 is 6.04 Å². The number of para-hydroxylation sites is 1. The number of nitrogens with one attached hydrogen (secondary N) is 2. The molecule has 0 radical (unpaired) electrons. The monoisotopic (exact) mass is 329 g/mol. The van der Waals surface area contributed by atoms with Crippen LogP contribution in [0.3, 0.4) is 0 Å². The maximum absolute atomic E-state index is 12.4. The lowest BCUT2D eigenvalue weighted by atomic mass is 10.1. The van der Waals surface area contributed by atoms with E-state index in [1.165, 1.54) is 0 Å². The minimum absolute atomic E-state index is 0.0987. The van der Waals surface area contributed by atoms with Gasteiger partial charge in [0.2, 0.25) is 5.91 Å². The minimum Gasteiger partial charge on any atom is -0.354 e. The van der Waals surface area contributed by atoms with Crippen LogP contribution < -0.4 is 10.6 Å². The molecule has 0 spiro atoms. The van der Waals surface area contributed by atoms with E-state index >= 15 is 0 Å². The SMILES string of the molecule is CC1C(=O)NCCCN1C(=O)NCCc1nn(C)c2ccccc12. The molecular weight excluding hydrogens is 306 g/mol. The van der Waals surface area contributed by atoms with E-state index in [4.69, 9.17) is 0 Å². The highest BCUT2D eigenvalue weighted by molar-refractivity contribution is 5.87. The number of benzene rings is 1. The van der Waals surface area contributed by atoms with Gasteiger partial charge < -0.3 is 15.5 Å². The number of hydrogen-bond donors (Lipinski definition) is 2. The summed E-state index contributed by atoms with van der Waals surface area (Å²) in [6.45, 7) is 3.45. The van der Waals surface area contributed by atoms with Gasteiger partial charge >= 0.3 is 6.03 Å². The van der Waals surface area contributed by atoms with Crippen LogP contribution in [0.5, 0.6) is 0 Å². The number of aryl methyl sites for hydroxylation is 1. The molecule has 2 heterocycles. The van der Waals surface area contributed by atoms with Gasteiger partial charge in [-0.1, -0.05) is 18.2 Å². The summed E-state index contributed by atoms with van der Waals surface area (Å²) in [6.07, 6.45) is 1.43. The van der Waals surface area contributed by atoms with Crippen molar-refractivity contribution in [2.24, 2.45) is 7.05 Å². The maximum Gasteiger partial charge on any atom is 0.318 e. The molecule has 1 aromatic carbocycles. The van der Waals surface area contributed by atoms with Gasteiger partial charge in [0.25, 0.3) is 0 Å². The fraction of sp³-hybridized carbons (Fsp3) is 0.471. The van der Waals surface area contributed by atoms with Gasteiger partial charge in [0, 0.05) is 38.5 Å². The van der Waals surface area contributed by atoms with Crippen LogP contribution in [0.25, 0.3) is 10.9 Å². The fourth-order valence-corrected chi connectivity index (χ4v) is 3.08. The average Bonchev–Trinajstić information content (AvgIpc) is 2.80. The number of carbonyl (C=O) groups excluding carboxylic acids is 2. The first-order valence-corrected chi connectivity index (χ1v) is 8.30. The van der Waals surface area contributed by atoms with Crippen molar-refractivity contribution >= 4 is 22.8 Å². The number of urea groups is 1. The van der Waals surface area contributed by atoms with Crippen molar-refractivity contribution < 1.29 is 9.59 Å². The van der Waals surface area contributed by atoms with Gasteiger partial charge in [-0.25, -0.2) is 4.79 Å². The highest BCUT2D eigenvalue weighted by atomic mass is 16.2. The number of carbonyl (C=O) groups is 2.